The third kappa shape index (κ3) is 6.18. The zero-order chi connectivity index (χ0) is 21.9. The van der Waals surface area contributed by atoms with E-state index in [0.29, 0.717) is 24.6 Å². The van der Waals surface area contributed by atoms with Crippen LogP contribution in [0.3, 0.4) is 0 Å². The molecular weight excluding hydrogens is 418 g/mol. The third-order valence-electron chi connectivity index (χ3n) is 5.06. The van der Waals surface area contributed by atoms with Crippen LogP contribution in [-0.2, 0) is 4.79 Å². The number of nitrogens with zero attached hydrogens (tertiary/aromatic N) is 2. The summed E-state index contributed by atoms with van der Waals surface area (Å²) >= 11 is 1.79. The number of ether oxygens (including phenoxy) is 1. The fourth-order valence-corrected chi connectivity index (χ4v) is 4.52. The molecule has 5 N–H and O–H groups in total. The van der Waals surface area contributed by atoms with Crippen molar-refractivity contribution in [2.24, 2.45) is 17.4 Å². The lowest BCUT2D eigenvalue weighted by Gasteiger charge is -2.40. The predicted octanol–water partition coefficient (Wildman–Crippen LogP) is 1.72. The molecule has 30 heavy (non-hydrogen) atoms. The Balaban J connectivity index is 0.000000216. The Hall–Kier alpha value is -2.14. The Bertz CT molecular complexity index is 793. The first kappa shape index (κ1) is 22.5. The minimum Gasteiger partial charge on any atom is -0.477 e. The number of hydrogen-bond acceptors (Lipinski definition) is 7. The third-order valence-corrected chi connectivity index (χ3v) is 6.33. The number of carbonyl (C=O) groups is 2. The second-order valence-corrected chi connectivity index (χ2v) is 9.21. The molecule has 2 aliphatic heterocycles. The highest BCUT2D eigenvalue weighted by Gasteiger charge is 2.45. The van der Waals surface area contributed by atoms with Crippen LogP contribution in [-0.4, -0.2) is 64.6 Å². The van der Waals surface area contributed by atoms with Crippen LogP contribution in [0, 0.1) is 5.92 Å². The van der Waals surface area contributed by atoms with Crippen molar-refractivity contribution in [3.63, 3.8) is 0 Å². The van der Waals surface area contributed by atoms with Crippen molar-refractivity contribution in [2.45, 2.75) is 37.1 Å². The first-order chi connectivity index (χ1) is 14.1. The van der Waals surface area contributed by atoms with Gasteiger partial charge in [-0.3, -0.25) is 4.79 Å². The number of thioether (sulfide) groups is 1. The largest absolute Gasteiger partial charge is 0.477 e. The maximum atomic E-state index is 12.9. The van der Waals surface area contributed by atoms with Crippen molar-refractivity contribution < 1.29 is 28.2 Å². The summed E-state index contributed by atoms with van der Waals surface area (Å²) in [4.78, 5) is 26.8. The monoisotopic (exact) mass is 444 g/mol. The van der Waals surface area contributed by atoms with Gasteiger partial charge in [-0.15, -0.1) is 0 Å². The average molecular weight is 445 g/mol. The normalized spacial score (nSPS) is 24.4. The summed E-state index contributed by atoms with van der Waals surface area (Å²) < 4.78 is 31.4. The number of hydrogen-bond donors (Lipinski definition) is 3. The van der Waals surface area contributed by atoms with Crippen molar-refractivity contribution in [1.29, 1.82) is 0 Å². The molecule has 0 radical (unpaired) electrons. The van der Waals surface area contributed by atoms with Crippen LogP contribution in [0.25, 0.3) is 0 Å². The molecule has 0 spiro atoms. The highest BCUT2D eigenvalue weighted by atomic mass is 32.2. The van der Waals surface area contributed by atoms with Crippen molar-refractivity contribution >= 4 is 29.3 Å². The Labute approximate surface area is 177 Å². The Morgan fingerprint density at radius 3 is 2.53 bits per heavy atom. The lowest BCUT2D eigenvalue weighted by atomic mass is 9.96. The van der Waals surface area contributed by atoms with Gasteiger partial charge >= 0.3 is 5.97 Å². The van der Waals surface area contributed by atoms with Gasteiger partial charge in [0.05, 0.1) is 19.7 Å². The number of rotatable bonds is 7. The molecule has 2 saturated heterocycles. The van der Waals surface area contributed by atoms with Crippen LogP contribution >= 0.6 is 11.8 Å². The number of anilines is 1. The Morgan fingerprint density at radius 2 is 2.03 bits per heavy atom. The molecule has 1 atom stereocenters. The van der Waals surface area contributed by atoms with Gasteiger partial charge in [-0.25, -0.2) is 18.6 Å². The number of alkyl halides is 2. The summed E-state index contributed by atoms with van der Waals surface area (Å²) in [5.74, 6) is -1.62. The lowest BCUT2D eigenvalue weighted by Crippen LogP contribution is -2.56. The molecule has 4 rings (SSSR count). The molecule has 1 amide bonds. The summed E-state index contributed by atoms with van der Waals surface area (Å²) in [7, 11) is 0. The van der Waals surface area contributed by atoms with Gasteiger partial charge in [0, 0.05) is 17.7 Å². The average Bonchev–Trinajstić information content (AvgIpc) is 3.37. The minimum atomic E-state index is -2.70. The van der Waals surface area contributed by atoms with Crippen molar-refractivity contribution in [1.82, 2.24) is 4.98 Å². The van der Waals surface area contributed by atoms with Crippen LogP contribution < -0.4 is 21.1 Å². The number of carboxylic acids is 1. The molecule has 3 fully saturated rings. The van der Waals surface area contributed by atoms with Gasteiger partial charge in [-0.2, -0.15) is 11.8 Å². The summed E-state index contributed by atoms with van der Waals surface area (Å²) in [6, 6.07) is 2.78. The molecule has 166 valence electrons. The van der Waals surface area contributed by atoms with E-state index in [-0.39, 0.29) is 36.1 Å². The summed E-state index contributed by atoms with van der Waals surface area (Å²) in [6.45, 7) is -0.324. The number of amides is 1. The second-order valence-electron chi connectivity index (χ2n) is 8.10. The molecule has 0 bridgehead atoms. The van der Waals surface area contributed by atoms with E-state index in [0.717, 1.165) is 30.8 Å². The number of carboxylic acid groups (broad SMARTS) is 1. The molecular formula is C19H26F2N4O4S. The zero-order valence-electron chi connectivity index (χ0n) is 16.5. The molecule has 1 aliphatic carbocycles. The number of pyridine rings is 1. The van der Waals surface area contributed by atoms with Crippen LogP contribution in [0.15, 0.2) is 12.1 Å². The Morgan fingerprint density at radius 1 is 1.33 bits per heavy atom. The maximum Gasteiger partial charge on any atom is 0.354 e. The number of halogens is 2. The SMILES string of the molecule is NC(=O)CC1(N)CCSC1.O=C(O)c1ccc(N2CC(F)(F)C2)c(OCC2CC2)n1. The number of nitrogens with two attached hydrogens (primary N) is 2. The number of carbonyl (C=O) groups excluding carboxylic acids is 1. The van der Waals surface area contributed by atoms with Crippen LogP contribution in [0.4, 0.5) is 14.5 Å². The van der Waals surface area contributed by atoms with Crippen LogP contribution in [0.2, 0.25) is 0 Å². The first-order valence-corrected chi connectivity index (χ1v) is 10.9. The maximum absolute atomic E-state index is 12.9. The quantitative estimate of drug-likeness (QED) is 0.579. The number of aromatic carboxylic acids is 1. The van der Waals surface area contributed by atoms with Gasteiger partial charge in [0.1, 0.15) is 5.69 Å². The van der Waals surface area contributed by atoms with Crippen molar-refractivity contribution in [3.8, 4) is 5.88 Å². The van der Waals surface area contributed by atoms with E-state index in [1.165, 1.54) is 17.0 Å². The van der Waals surface area contributed by atoms with Crippen molar-refractivity contribution in [3.05, 3.63) is 17.8 Å². The van der Waals surface area contributed by atoms with Crippen LogP contribution in [0.1, 0.15) is 36.2 Å². The molecule has 3 aliphatic rings. The van der Waals surface area contributed by atoms with Gasteiger partial charge in [-0.05, 0) is 43.1 Å². The van der Waals surface area contributed by atoms with Gasteiger partial charge in [0.2, 0.25) is 11.8 Å². The lowest BCUT2D eigenvalue weighted by molar-refractivity contribution is -0.119. The summed E-state index contributed by atoms with van der Waals surface area (Å²) in [6.07, 6.45) is 3.41. The molecule has 1 unspecified atom stereocenters. The van der Waals surface area contributed by atoms with Gasteiger partial charge in [0.15, 0.2) is 5.69 Å². The zero-order valence-corrected chi connectivity index (χ0v) is 17.3. The fourth-order valence-electron chi connectivity index (χ4n) is 3.17. The van der Waals surface area contributed by atoms with E-state index in [2.05, 4.69) is 4.98 Å². The smallest absolute Gasteiger partial charge is 0.354 e. The molecule has 3 heterocycles. The molecule has 1 aromatic rings. The molecule has 8 nitrogen and oxygen atoms in total. The summed E-state index contributed by atoms with van der Waals surface area (Å²) in [5.41, 5.74) is 10.9. The van der Waals surface area contributed by atoms with E-state index in [1.54, 1.807) is 11.8 Å². The second kappa shape index (κ2) is 8.93. The van der Waals surface area contributed by atoms with E-state index in [4.69, 9.17) is 21.3 Å². The van der Waals surface area contributed by atoms with Crippen molar-refractivity contribution in [2.75, 3.05) is 36.1 Å². The number of primary amides is 1. The van der Waals surface area contributed by atoms with Gasteiger partial charge in [-0.1, -0.05) is 0 Å². The molecule has 0 aromatic carbocycles. The number of aromatic nitrogens is 1. The van der Waals surface area contributed by atoms with E-state index in [1.807, 2.05) is 0 Å². The first-order valence-electron chi connectivity index (χ1n) is 9.72. The topological polar surface area (TPSA) is 132 Å². The van der Waals surface area contributed by atoms with E-state index in [9.17, 15) is 18.4 Å². The molecule has 1 saturated carbocycles. The molecule has 1 aromatic heterocycles. The highest BCUT2D eigenvalue weighted by Crippen LogP contribution is 2.37. The van der Waals surface area contributed by atoms with E-state index >= 15 is 0 Å². The van der Waals surface area contributed by atoms with Crippen LogP contribution in [0.5, 0.6) is 5.88 Å². The standard InChI is InChI=1S/C13H14F2N2O3.C6H12N2OS/c14-13(15)6-17(7-13)10-4-3-9(12(18)19)16-11(10)20-5-8-1-2-8;7-5(9)3-6(8)1-2-10-4-6/h3-4,8H,1-2,5-7H2,(H,18,19);1-4,8H2,(H2,7,9). The van der Waals surface area contributed by atoms with Gasteiger partial charge < -0.3 is 26.2 Å². The molecule has 11 heteroatoms. The van der Waals surface area contributed by atoms with Gasteiger partial charge in [0.25, 0.3) is 5.92 Å². The fraction of sp³-hybridized carbons (Fsp3) is 0.632. The Kier molecular flexibility index (Phi) is 6.71. The highest BCUT2D eigenvalue weighted by molar-refractivity contribution is 7.99. The van der Waals surface area contributed by atoms with E-state index < -0.39 is 11.9 Å². The predicted molar refractivity (Wildman–Crippen MR) is 109 cm³/mol. The summed E-state index contributed by atoms with van der Waals surface area (Å²) in [5, 5.41) is 8.93. The minimum absolute atomic E-state index is 0.132.